The van der Waals surface area contributed by atoms with Crippen LogP contribution in [0.3, 0.4) is 0 Å². The Hall–Kier alpha value is -1.16. The summed E-state index contributed by atoms with van der Waals surface area (Å²) in [7, 11) is 1.86. The van der Waals surface area contributed by atoms with Crippen LogP contribution in [0.4, 0.5) is 0 Å². The van der Waals surface area contributed by atoms with Crippen molar-refractivity contribution in [3.05, 3.63) is 64.2 Å². The van der Waals surface area contributed by atoms with E-state index < -0.39 is 0 Å². The highest BCUT2D eigenvalue weighted by Gasteiger charge is 2.10. The van der Waals surface area contributed by atoms with Gasteiger partial charge in [-0.1, -0.05) is 53.0 Å². The van der Waals surface area contributed by atoms with Crippen LogP contribution in [0, 0.1) is 13.8 Å². The number of halogens is 2. The predicted octanol–water partition coefficient (Wildman–Crippen LogP) is 5.50. The summed E-state index contributed by atoms with van der Waals surface area (Å²) in [5.41, 5.74) is 3.01. The zero-order chi connectivity index (χ0) is 15.4. The van der Waals surface area contributed by atoms with Gasteiger partial charge in [0.05, 0.1) is 5.02 Å². The third-order valence-corrected chi connectivity index (χ3v) is 4.32. The summed E-state index contributed by atoms with van der Waals surface area (Å²) in [6.45, 7) is 4.03. The lowest BCUT2D eigenvalue weighted by atomic mass is 10.1. The van der Waals surface area contributed by atoms with E-state index in [2.05, 4.69) is 36.3 Å². The molecule has 0 spiro atoms. The maximum absolute atomic E-state index is 6.31. The molecular weight excluding hydrogens is 323 g/mol. The van der Waals surface area contributed by atoms with Gasteiger partial charge in [0.1, 0.15) is 0 Å². The van der Waals surface area contributed by atoms with Crippen LogP contribution < -0.4 is 0 Å². The number of hydrogen-bond acceptors (Lipinski definition) is 3. The minimum absolute atomic E-state index is 0.389. The van der Waals surface area contributed by atoms with E-state index in [1.165, 1.54) is 17.5 Å². The molecular formula is C16H16Cl2N2S. The summed E-state index contributed by atoms with van der Waals surface area (Å²) >= 11 is 14.0. The summed E-state index contributed by atoms with van der Waals surface area (Å²) in [5.74, 6) is 0. The fourth-order valence-corrected chi connectivity index (χ4v) is 3.29. The highest BCUT2D eigenvalue weighted by atomic mass is 35.5. The molecule has 0 fully saturated rings. The fraction of sp³-hybridized carbons (Fsp3) is 0.188. The minimum atomic E-state index is 0.389. The smallest absolute Gasteiger partial charge is 0.159 e. The van der Waals surface area contributed by atoms with Crippen LogP contribution in [-0.4, -0.2) is 16.6 Å². The number of rotatable bonds is 4. The topological polar surface area (TPSA) is 15.6 Å². The van der Waals surface area contributed by atoms with Crippen molar-refractivity contribution in [3.63, 3.8) is 0 Å². The van der Waals surface area contributed by atoms with E-state index in [1.807, 2.05) is 32.2 Å². The van der Waals surface area contributed by atoms with E-state index in [4.69, 9.17) is 23.2 Å². The molecule has 0 bridgehead atoms. The average molecular weight is 339 g/mol. The molecule has 0 N–H and O–H groups in total. The SMILES string of the molecule is Cc1ccc(SN(C)/N=C(/Cl)c2c(C)cccc2Cl)cc1. The molecule has 0 aliphatic heterocycles. The number of hydrogen-bond donors (Lipinski definition) is 0. The van der Waals surface area contributed by atoms with Crippen molar-refractivity contribution in [2.75, 3.05) is 7.05 Å². The molecule has 0 aliphatic carbocycles. The molecule has 2 nitrogen and oxygen atoms in total. The molecule has 0 saturated heterocycles. The van der Waals surface area contributed by atoms with Crippen LogP contribution >= 0.6 is 35.1 Å². The van der Waals surface area contributed by atoms with Gasteiger partial charge in [0.25, 0.3) is 0 Å². The molecule has 0 unspecified atom stereocenters. The maximum Gasteiger partial charge on any atom is 0.159 e. The Labute approximate surface area is 139 Å². The lowest BCUT2D eigenvalue weighted by molar-refractivity contribution is 0.617. The Morgan fingerprint density at radius 2 is 1.76 bits per heavy atom. The van der Waals surface area contributed by atoms with Crippen LogP contribution in [0.2, 0.25) is 5.02 Å². The zero-order valence-corrected chi connectivity index (χ0v) is 14.4. The van der Waals surface area contributed by atoms with Crippen molar-refractivity contribution >= 4 is 40.3 Å². The number of aryl methyl sites for hydroxylation is 2. The first-order chi connectivity index (χ1) is 9.97. The molecule has 5 heteroatoms. The summed E-state index contributed by atoms with van der Waals surface area (Å²) in [4.78, 5) is 1.10. The first kappa shape index (κ1) is 16.2. The van der Waals surface area contributed by atoms with Crippen LogP contribution in [0.15, 0.2) is 52.5 Å². The first-order valence-corrected chi connectivity index (χ1v) is 7.98. The molecule has 0 aromatic heterocycles. The minimum Gasteiger partial charge on any atom is -0.236 e. The third kappa shape index (κ3) is 4.40. The largest absolute Gasteiger partial charge is 0.236 e. The lowest BCUT2D eigenvalue weighted by Gasteiger charge is -2.13. The van der Waals surface area contributed by atoms with Gasteiger partial charge in [0.15, 0.2) is 5.17 Å². The molecule has 21 heavy (non-hydrogen) atoms. The molecule has 0 atom stereocenters. The van der Waals surface area contributed by atoms with Crippen molar-refractivity contribution in [1.82, 2.24) is 4.41 Å². The van der Waals surface area contributed by atoms with Gasteiger partial charge >= 0.3 is 0 Å². The lowest BCUT2D eigenvalue weighted by Crippen LogP contribution is -2.05. The van der Waals surface area contributed by atoms with Gasteiger partial charge in [-0.2, -0.15) is 5.10 Å². The van der Waals surface area contributed by atoms with Crippen molar-refractivity contribution < 1.29 is 0 Å². The molecule has 2 aromatic rings. The predicted molar refractivity (Wildman–Crippen MR) is 93.4 cm³/mol. The van der Waals surface area contributed by atoms with Crippen molar-refractivity contribution in [2.24, 2.45) is 5.10 Å². The normalized spacial score (nSPS) is 11.6. The van der Waals surface area contributed by atoms with Crippen molar-refractivity contribution in [2.45, 2.75) is 18.7 Å². The van der Waals surface area contributed by atoms with Gasteiger partial charge in [0.2, 0.25) is 0 Å². The van der Waals surface area contributed by atoms with E-state index >= 15 is 0 Å². The highest BCUT2D eigenvalue weighted by Crippen LogP contribution is 2.25. The van der Waals surface area contributed by atoms with Gasteiger partial charge in [-0.15, -0.1) is 0 Å². The van der Waals surface area contributed by atoms with E-state index in [9.17, 15) is 0 Å². The number of benzene rings is 2. The molecule has 0 heterocycles. The maximum atomic E-state index is 6.31. The van der Waals surface area contributed by atoms with E-state index in [1.54, 1.807) is 4.41 Å². The summed E-state index contributed by atoms with van der Waals surface area (Å²) < 4.78 is 1.73. The van der Waals surface area contributed by atoms with Gasteiger partial charge in [-0.05, 0) is 37.6 Å². The van der Waals surface area contributed by atoms with Gasteiger partial charge in [-0.25, -0.2) is 4.41 Å². The Kier molecular flexibility index (Phi) is 5.57. The summed E-state index contributed by atoms with van der Waals surface area (Å²) in [5, 5.41) is 5.38. The highest BCUT2D eigenvalue weighted by molar-refractivity contribution is 7.97. The van der Waals surface area contributed by atoms with E-state index in [0.29, 0.717) is 10.2 Å². The Morgan fingerprint density at radius 1 is 1.10 bits per heavy atom. The van der Waals surface area contributed by atoms with E-state index in [0.717, 1.165) is 16.0 Å². The molecule has 2 rings (SSSR count). The second-order valence-corrected chi connectivity index (χ2v) is 6.64. The van der Waals surface area contributed by atoms with Crippen LogP contribution in [0.25, 0.3) is 0 Å². The molecule has 0 amide bonds. The van der Waals surface area contributed by atoms with Crippen molar-refractivity contribution in [1.29, 1.82) is 0 Å². The summed E-state index contributed by atoms with van der Waals surface area (Å²) in [6.07, 6.45) is 0. The molecule has 2 aromatic carbocycles. The molecule has 0 radical (unpaired) electrons. The number of hydrazone groups is 1. The van der Waals surface area contributed by atoms with E-state index in [-0.39, 0.29) is 0 Å². The van der Waals surface area contributed by atoms with Gasteiger partial charge < -0.3 is 0 Å². The second kappa shape index (κ2) is 7.21. The Bertz CT molecular complexity index is 634. The Morgan fingerprint density at radius 3 is 2.38 bits per heavy atom. The van der Waals surface area contributed by atoms with Gasteiger partial charge in [-0.3, -0.25) is 0 Å². The fourth-order valence-electron chi connectivity index (χ4n) is 1.84. The molecule has 110 valence electrons. The standard InChI is InChI=1S/C16H16Cl2N2S/c1-11-7-9-13(10-8-11)21-20(3)19-16(18)15-12(2)5-4-6-14(15)17/h4-10H,1-3H3/b19-16+. The average Bonchev–Trinajstić information content (AvgIpc) is 2.41. The van der Waals surface area contributed by atoms with Gasteiger partial charge in [0, 0.05) is 29.5 Å². The van der Waals surface area contributed by atoms with Crippen molar-refractivity contribution in [3.8, 4) is 0 Å². The first-order valence-electron chi connectivity index (χ1n) is 6.45. The van der Waals surface area contributed by atoms with Crippen LogP contribution in [-0.2, 0) is 0 Å². The molecule has 0 saturated carbocycles. The second-order valence-electron chi connectivity index (χ2n) is 4.69. The van der Waals surface area contributed by atoms with Crippen LogP contribution in [0.5, 0.6) is 0 Å². The van der Waals surface area contributed by atoms with Crippen LogP contribution in [0.1, 0.15) is 16.7 Å². The molecule has 0 aliphatic rings. The summed E-state index contributed by atoms with van der Waals surface area (Å²) in [6, 6.07) is 13.9. The monoisotopic (exact) mass is 338 g/mol. The number of nitrogens with zero attached hydrogens (tertiary/aromatic N) is 2. The Balaban J connectivity index is 2.16. The quantitative estimate of drug-likeness (QED) is 0.415. The zero-order valence-electron chi connectivity index (χ0n) is 12.1. The third-order valence-electron chi connectivity index (χ3n) is 2.92.